The van der Waals surface area contributed by atoms with Crippen molar-refractivity contribution in [1.29, 1.82) is 0 Å². The van der Waals surface area contributed by atoms with E-state index in [0.717, 1.165) is 34.8 Å². The molecule has 3 aliphatic rings. The van der Waals surface area contributed by atoms with Gasteiger partial charge >= 0.3 is 0 Å². The lowest BCUT2D eigenvalue weighted by atomic mass is 9.84. The van der Waals surface area contributed by atoms with Crippen LogP contribution in [0.15, 0.2) is 34.8 Å². The van der Waals surface area contributed by atoms with Gasteiger partial charge in [-0.2, -0.15) is 0 Å². The summed E-state index contributed by atoms with van der Waals surface area (Å²) in [6.07, 6.45) is 2.62. The molecule has 4 nitrogen and oxygen atoms in total. The van der Waals surface area contributed by atoms with Gasteiger partial charge in [0.1, 0.15) is 6.61 Å². The van der Waals surface area contributed by atoms with Crippen LogP contribution in [0.2, 0.25) is 10.0 Å². The standard InChI is InChI=1S/C23H27BrCl2N2O2/c1-2-29-22-10-15(12-27-21-13-28-7-5-16(21)6-8-28)9-19(24)23(22)30-14-17-3-4-18(25)11-20(17)26/h3-4,9-11,16,21,27H,2,5-8,12-14H2,1H3. The van der Waals surface area contributed by atoms with Crippen molar-refractivity contribution in [3.8, 4) is 11.5 Å². The van der Waals surface area contributed by atoms with Crippen molar-refractivity contribution in [2.24, 2.45) is 5.92 Å². The summed E-state index contributed by atoms with van der Waals surface area (Å²) in [5.41, 5.74) is 2.06. The minimum Gasteiger partial charge on any atom is -0.490 e. The maximum atomic E-state index is 6.28. The smallest absolute Gasteiger partial charge is 0.175 e. The molecule has 0 radical (unpaired) electrons. The minimum absolute atomic E-state index is 0.339. The predicted octanol–water partition coefficient (Wildman–Crippen LogP) is 5.92. The zero-order valence-corrected chi connectivity index (χ0v) is 20.2. The van der Waals surface area contributed by atoms with E-state index < -0.39 is 0 Å². The van der Waals surface area contributed by atoms with Crippen LogP contribution in [0, 0.1) is 5.92 Å². The summed E-state index contributed by atoms with van der Waals surface area (Å²) in [6, 6.07) is 10.2. The van der Waals surface area contributed by atoms with Gasteiger partial charge in [0.15, 0.2) is 11.5 Å². The van der Waals surface area contributed by atoms with Crippen molar-refractivity contribution in [2.45, 2.75) is 39.0 Å². The van der Waals surface area contributed by atoms with E-state index in [1.807, 2.05) is 19.1 Å². The molecular weight excluding hydrogens is 487 g/mol. The fourth-order valence-electron chi connectivity index (χ4n) is 4.36. The molecule has 0 amide bonds. The summed E-state index contributed by atoms with van der Waals surface area (Å²) in [5.74, 6) is 2.23. The Kier molecular flexibility index (Phi) is 7.48. The molecule has 3 saturated heterocycles. The molecule has 2 aromatic rings. The number of hydrogen-bond acceptors (Lipinski definition) is 4. The van der Waals surface area contributed by atoms with Gasteiger partial charge in [-0.25, -0.2) is 0 Å². The lowest BCUT2D eigenvalue weighted by Crippen LogP contribution is -2.55. The SMILES string of the molecule is CCOc1cc(CNC2CN3CCC2CC3)cc(Br)c1OCc1ccc(Cl)cc1Cl. The molecule has 2 aromatic carbocycles. The monoisotopic (exact) mass is 512 g/mol. The third-order valence-electron chi connectivity index (χ3n) is 5.98. The summed E-state index contributed by atoms with van der Waals surface area (Å²) in [6.45, 7) is 7.38. The van der Waals surface area contributed by atoms with E-state index in [0.29, 0.717) is 35.1 Å². The molecule has 162 valence electrons. The quantitative estimate of drug-likeness (QED) is 0.475. The van der Waals surface area contributed by atoms with E-state index >= 15 is 0 Å². The summed E-state index contributed by atoms with van der Waals surface area (Å²) in [4.78, 5) is 2.57. The van der Waals surface area contributed by atoms with Crippen LogP contribution in [0.4, 0.5) is 0 Å². The van der Waals surface area contributed by atoms with Gasteiger partial charge in [-0.3, -0.25) is 0 Å². The van der Waals surface area contributed by atoms with Gasteiger partial charge in [-0.1, -0.05) is 29.3 Å². The molecule has 0 spiro atoms. The van der Waals surface area contributed by atoms with Crippen LogP contribution in [-0.2, 0) is 13.2 Å². The van der Waals surface area contributed by atoms with Gasteiger partial charge in [0.05, 0.1) is 11.1 Å². The summed E-state index contributed by atoms with van der Waals surface area (Å²) < 4.78 is 12.9. The molecule has 0 aromatic heterocycles. The second-order valence-corrected chi connectivity index (χ2v) is 9.69. The first-order valence-corrected chi connectivity index (χ1v) is 12.1. The lowest BCUT2D eigenvalue weighted by molar-refractivity contribution is 0.0720. The number of ether oxygens (including phenoxy) is 2. The molecule has 30 heavy (non-hydrogen) atoms. The fraction of sp³-hybridized carbons (Fsp3) is 0.478. The van der Waals surface area contributed by atoms with Crippen molar-refractivity contribution in [3.05, 3.63) is 56.0 Å². The predicted molar refractivity (Wildman–Crippen MR) is 126 cm³/mol. The number of piperidine rings is 3. The molecule has 3 aliphatic heterocycles. The number of nitrogens with zero attached hydrogens (tertiary/aromatic N) is 1. The Balaban J connectivity index is 1.45. The Hall–Kier alpha value is -0.980. The Morgan fingerprint density at radius 1 is 1.13 bits per heavy atom. The molecule has 0 aliphatic carbocycles. The van der Waals surface area contributed by atoms with E-state index in [-0.39, 0.29) is 0 Å². The average Bonchev–Trinajstić information content (AvgIpc) is 2.74. The summed E-state index contributed by atoms with van der Waals surface area (Å²) in [7, 11) is 0. The van der Waals surface area contributed by atoms with Crippen LogP contribution in [0.25, 0.3) is 0 Å². The third-order valence-corrected chi connectivity index (χ3v) is 7.16. The second kappa shape index (κ2) is 10.1. The van der Waals surface area contributed by atoms with Gasteiger partial charge in [0.2, 0.25) is 0 Å². The molecule has 3 heterocycles. The van der Waals surface area contributed by atoms with Crippen LogP contribution in [0.3, 0.4) is 0 Å². The van der Waals surface area contributed by atoms with Gasteiger partial charge in [0.25, 0.3) is 0 Å². The van der Waals surface area contributed by atoms with Crippen molar-refractivity contribution in [2.75, 3.05) is 26.2 Å². The van der Waals surface area contributed by atoms with E-state index in [4.69, 9.17) is 32.7 Å². The Morgan fingerprint density at radius 2 is 1.93 bits per heavy atom. The molecule has 1 atom stereocenters. The highest BCUT2D eigenvalue weighted by Crippen LogP contribution is 2.38. The Labute approximate surface area is 197 Å². The molecule has 1 unspecified atom stereocenters. The lowest BCUT2D eigenvalue weighted by Gasteiger charge is -2.45. The van der Waals surface area contributed by atoms with E-state index in [2.05, 4.69) is 38.3 Å². The molecular formula is C23H27BrCl2N2O2. The normalized spacial score (nSPS) is 22.9. The largest absolute Gasteiger partial charge is 0.490 e. The highest BCUT2D eigenvalue weighted by atomic mass is 79.9. The van der Waals surface area contributed by atoms with E-state index in [1.54, 1.807) is 6.07 Å². The Morgan fingerprint density at radius 3 is 2.60 bits per heavy atom. The van der Waals surface area contributed by atoms with E-state index in [1.165, 1.54) is 31.5 Å². The molecule has 1 N–H and O–H groups in total. The van der Waals surface area contributed by atoms with Gasteiger partial charge in [-0.05, 0) is 84.5 Å². The first-order chi connectivity index (χ1) is 14.5. The first-order valence-electron chi connectivity index (χ1n) is 10.5. The van der Waals surface area contributed by atoms with Crippen LogP contribution < -0.4 is 14.8 Å². The molecule has 2 bridgehead atoms. The first kappa shape index (κ1) is 22.2. The molecule has 3 fully saturated rings. The van der Waals surface area contributed by atoms with Crippen molar-refractivity contribution >= 4 is 39.1 Å². The summed E-state index contributed by atoms with van der Waals surface area (Å²) in [5, 5.41) is 4.97. The fourth-order valence-corrected chi connectivity index (χ4v) is 5.43. The topological polar surface area (TPSA) is 33.7 Å². The van der Waals surface area contributed by atoms with Gasteiger partial charge in [0, 0.05) is 34.7 Å². The van der Waals surface area contributed by atoms with Crippen LogP contribution in [0.5, 0.6) is 11.5 Å². The van der Waals surface area contributed by atoms with Crippen LogP contribution in [0.1, 0.15) is 30.9 Å². The molecule has 0 saturated carbocycles. The minimum atomic E-state index is 0.339. The number of nitrogens with one attached hydrogen (secondary N) is 1. The highest BCUT2D eigenvalue weighted by Gasteiger charge is 2.33. The molecule has 5 rings (SSSR count). The van der Waals surface area contributed by atoms with Crippen LogP contribution >= 0.6 is 39.1 Å². The van der Waals surface area contributed by atoms with Crippen molar-refractivity contribution in [1.82, 2.24) is 10.2 Å². The summed E-state index contributed by atoms with van der Waals surface area (Å²) >= 11 is 15.9. The second-order valence-electron chi connectivity index (χ2n) is 7.99. The number of fused-ring (bicyclic) bond motifs is 3. The third kappa shape index (κ3) is 5.25. The Bertz CT molecular complexity index is 888. The number of hydrogen-bond donors (Lipinski definition) is 1. The highest BCUT2D eigenvalue weighted by molar-refractivity contribution is 9.10. The zero-order chi connectivity index (χ0) is 21.1. The van der Waals surface area contributed by atoms with Gasteiger partial charge in [-0.15, -0.1) is 0 Å². The van der Waals surface area contributed by atoms with E-state index in [9.17, 15) is 0 Å². The number of rotatable bonds is 8. The van der Waals surface area contributed by atoms with Gasteiger partial charge < -0.3 is 19.7 Å². The average molecular weight is 514 g/mol. The zero-order valence-electron chi connectivity index (χ0n) is 17.1. The maximum Gasteiger partial charge on any atom is 0.175 e. The van der Waals surface area contributed by atoms with Crippen molar-refractivity contribution < 1.29 is 9.47 Å². The maximum absolute atomic E-state index is 6.28. The van der Waals surface area contributed by atoms with Crippen LogP contribution in [-0.4, -0.2) is 37.2 Å². The molecule has 7 heteroatoms. The van der Waals surface area contributed by atoms with Crippen molar-refractivity contribution in [3.63, 3.8) is 0 Å². The number of halogens is 3. The number of benzene rings is 2.